The Balaban J connectivity index is 1.80. The van der Waals surface area contributed by atoms with Gasteiger partial charge in [0.05, 0.1) is 0 Å². The molecule has 1 heterocycles. The van der Waals surface area contributed by atoms with Crippen LogP contribution in [0, 0.1) is 0 Å². The van der Waals surface area contributed by atoms with Gasteiger partial charge >= 0.3 is 0 Å². The third-order valence-corrected chi connectivity index (χ3v) is 3.80. The molecule has 116 valence electrons. The average molecular weight is 291 g/mol. The van der Waals surface area contributed by atoms with E-state index in [0.717, 1.165) is 26.2 Å². The number of carbonyl (C=O) groups is 1. The lowest BCUT2D eigenvalue weighted by atomic mass is 10.1. The van der Waals surface area contributed by atoms with Crippen molar-refractivity contribution >= 4 is 11.6 Å². The van der Waals surface area contributed by atoms with Gasteiger partial charge in [-0.05, 0) is 32.9 Å². The summed E-state index contributed by atoms with van der Waals surface area (Å²) in [5.74, 6) is 0.669. The predicted octanol–water partition coefficient (Wildman–Crippen LogP) is 1.59. The number of hydrogen-bond donors (Lipinski definition) is 1. The molecule has 5 heteroatoms. The fraction of sp³-hybridized carbons (Fsp3) is 0.562. The topological polar surface area (TPSA) is 58.8 Å². The van der Waals surface area contributed by atoms with Gasteiger partial charge in [-0.25, -0.2) is 0 Å². The summed E-state index contributed by atoms with van der Waals surface area (Å²) in [6.07, 6.45) is 0. The summed E-state index contributed by atoms with van der Waals surface area (Å²) >= 11 is 0. The number of piperazine rings is 1. The number of carbonyl (C=O) groups excluding carboxylic acids is 1. The highest BCUT2D eigenvalue weighted by atomic mass is 16.5. The normalized spacial score (nSPS) is 16.8. The molecule has 0 saturated carbocycles. The van der Waals surface area contributed by atoms with Crippen molar-refractivity contribution < 1.29 is 9.53 Å². The van der Waals surface area contributed by atoms with E-state index in [4.69, 9.17) is 10.5 Å². The summed E-state index contributed by atoms with van der Waals surface area (Å²) in [6, 6.07) is 7.14. The van der Waals surface area contributed by atoms with Crippen LogP contribution < -0.4 is 10.5 Å². The molecule has 0 aromatic heterocycles. The van der Waals surface area contributed by atoms with Crippen molar-refractivity contribution in [2.45, 2.75) is 26.3 Å². The van der Waals surface area contributed by atoms with Gasteiger partial charge in [-0.3, -0.25) is 9.69 Å². The van der Waals surface area contributed by atoms with Crippen molar-refractivity contribution in [2.24, 2.45) is 0 Å². The van der Waals surface area contributed by atoms with Crippen LogP contribution in [0.2, 0.25) is 0 Å². The van der Waals surface area contributed by atoms with E-state index >= 15 is 0 Å². The van der Waals surface area contributed by atoms with Gasteiger partial charge in [0.15, 0.2) is 6.61 Å². The van der Waals surface area contributed by atoms with Gasteiger partial charge in [-0.2, -0.15) is 0 Å². The molecule has 2 rings (SSSR count). The largest absolute Gasteiger partial charge is 0.484 e. The average Bonchev–Trinajstić information content (AvgIpc) is 2.44. The van der Waals surface area contributed by atoms with Crippen LogP contribution in [-0.4, -0.2) is 54.0 Å². The molecule has 1 saturated heterocycles. The molecule has 21 heavy (non-hydrogen) atoms. The minimum Gasteiger partial charge on any atom is -0.484 e. The number of nitrogen functional groups attached to an aromatic ring is 1. The lowest BCUT2D eigenvalue weighted by Crippen LogP contribution is -2.55. The van der Waals surface area contributed by atoms with Crippen LogP contribution in [0.15, 0.2) is 24.3 Å². The van der Waals surface area contributed by atoms with Gasteiger partial charge in [0.1, 0.15) is 5.75 Å². The molecule has 5 nitrogen and oxygen atoms in total. The first-order chi connectivity index (χ1) is 9.86. The van der Waals surface area contributed by atoms with Crippen molar-refractivity contribution in [2.75, 3.05) is 38.5 Å². The van der Waals surface area contributed by atoms with Crippen LogP contribution in [0.5, 0.6) is 5.75 Å². The minimum atomic E-state index is 0.0333. The second kappa shape index (κ2) is 6.35. The van der Waals surface area contributed by atoms with Crippen molar-refractivity contribution in [1.82, 2.24) is 9.80 Å². The van der Waals surface area contributed by atoms with Crippen LogP contribution in [0.3, 0.4) is 0 Å². The first-order valence-electron chi connectivity index (χ1n) is 7.37. The van der Waals surface area contributed by atoms with Gasteiger partial charge in [0.25, 0.3) is 5.91 Å². The van der Waals surface area contributed by atoms with E-state index in [2.05, 4.69) is 25.7 Å². The molecular formula is C16H25N3O2. The van der Waals surface area contributed by atoms with Gasteiger partial charge in [-0.1, -0.05) is 6.07 Å². The zero-order chi connectivity index (χ0) is 15.5. The Morgan fingerprint density at radius 2 is 1.90 bits per heavy atom. The molecule has 1 aromatic carbocycles. The number of anilines is 1. The fourth-order valence-corrected chi connectivity index (χ4v) is 2.47. The maximum absolute atomic E-state index is 12.2. The lowest BCUT2D eigenvalue weighted by molar-refractivity contribution is -0.135. The SMILES string of the molecule is CC(C)(C)N1CCN(C(=O)COc2cccc(N)c2)CC1. The van der Waals surface area contributed by atoms with Gasteiger partial charge in [0, 0.05) is 43.5 Å². The van der Waals surface area contributed by atoms with Crippen LogP contribution in [0.25, 0.3) is 0 Å². The summed E-state index contributed by atoms with van der Waals surface area (Å²) < 4.78 is 5.51. The molecule has 1 aromatic rings. The Kier molecular flexibility index (Phi) is 4.73. The summed E-state index contributed by atoms with van der Waals surface area (Å²) in [7, 11) is 0. The summed E-state index contributed by atoms with van der Waals surface area (Å²) in [5.41, 5.74) is 6.48. The Hall–Kier alpha value is -1.75. The smallest absolute Gasteiger partial charge is 0.260 e. The van der Waals surface area contributed by atoms with E-state index in [0.29, 0.717) is 11.4 Å². The number of benzene rings is 1. The lowest BCUT2D eigenvalue weighted by Gasteiger charge is -2.42. The monoisotopic (exact) mass is 291 g/mol. The number of ether oxygens (including phenoxy) is 1. The first kappa shape index (κ1) is 15.6. The van der Waals surface area contributed by atoms with Crippen LogP contribution >= 0.6 is 0 Å². The van der Waals surface area contributed by atoms with Crippen molar-refractivity contribution in [3.05, 3.63) is 24.3 Å². The summed E-state index contributed by atoms with van der Waals surface area (Å²) in [5, 5.41) is 0. The zero-order valence-electron chi connectivity index (χ0n) is 13.1. The molecule has 1 aliphatic rings. The zero-order valence-corrected chi connectivity index (χ0v) is 13.1. The highest BCUT2D eigenvalue weighted by Gasteiger charge is 2.27. The van der Waals surface area contributed by atoms with E-state index in [1.807, 2.05) is 11.0 Å². The van der Waals surface area contributed by atoms with Gasteiger partial charge < -0.3 is 15.4 Å². The number of rotatable bonds is 3. The summed E-state index contributed by atoms with van der Waals surface area (Å²) in [6.45, 7) is 10.0. The van der Waals surface area contributed by atoms with E-state index in [9.17, 15) is 4.79 Å². The Morgan fingerprint density at radius 3 is 2.48 bits per heavy atom. The van der Waals surface area contributed by atoms with Crippen molar-refractivity contribution in [3.63, 3.8) is 0 Å². The fourth-order valence-electron chi connectivity index (χ4n) is 2.47. The maximum atomic E-state index is 12.2. The van der Waals surface area contributed by atoms with Crippen LogP contribution in [0.1, 0.15) is 20.8 Å². The molecule has 0 aliphatic carbocycles. The molecule has 1 aliphatic heterocycles. The third kappa shape index (κ3) is 4.36. The molecule has 1 fully saturated rings. The highest BCUT2D eigenvalue weighted by Crippen LogP contribution is 2.17. The third-order valence-electron chi connectivity index (χ3n) is 3.80. The molecule has 1 amide bonds. The number of hydrogen-bond acceptors (Lipinski definition) is 4. The van der Waals surface area contributed by atoms with Crippen molar-refractivity contribution in [1.29, 1.82) is 0 Å². The minimum absolute atomic E-state index is 0.0333. The second-order valence-corrected chi connectivity index (χ2v) is 6.40. The second-order valence-electron chi connectivity index (χ2n) is 6.40. The first-order valence-corrected chi connectivity index (χ1v) is 7.37. The Labute approximate surface area is 126 Å². The maximum Gasteiger partial charge on any atom is 0.260 e. The Bertz CT molecular complexity index is 489. The Morgan fingerprint density at radius 1 is 1.24 bits per heavy atom. The number of nitrogens with zero attached hydrogens (tertiary/aromatic N) is 2. The molecule has 0 atom stereocenters. The van der Waals surface area contributed by atoms with Gasteiger partial charge in [-0.15, -0.1) is 0 Å². The predicted molar refractivity (Wildman–Crippen MR) is 84.3 cm³/mol. The summed E-state index contributed by atoms with van der Waals surface area (Å²) in [4.78, 5) is 16.4. The molecule has 0 radical (unpaired) electrons. The van der Waals surface area contributed by atoms with E-state index in [1.165, 1.54) is 0 Å². The molecular weight excluding hydrogens is 266 g/mol. The number of nitrogens with two attached hydrogens (primary N) is 1. The van der Waals surface area contributed by atoms with E-state index < -0.39 is 0 Å². The van der Waals surface area contributed by atoms with Gasteiger partial charge in [0.2, 0.25) is 0 Å². The highest BCUT2D eigenvalue weighted by molar-refractivity contribution is 5.78. The molecule has 0 spiro atoms. The van der Waals surface area contributed by atoms with Crippen molar-refractivity contribution in [3.8, 4) is 5.75 Å². The molecule has 0 unspecified atom stereocenters. The molecule has 2 N–H and O–H groups in total. The van der Waals surface area contributed by atoms with Crippen LogP contribution in [0.4, 0.5) is 5.69 Å². The van der Waals surface area contributed by atoms with E-state index in [1.54, 1.807) is 18.2 Å². The standard InChI is InChI=1S/C16H25N3O2/c1-16(2,3)19-9-7-18(8-10-19)15(20)12-21-14-6-4-5-13(17)11-14/h4-6,11H,7-10,12,17H2,1-3H3. The molecule has 0 bridgehead atoms. The number of amides is 1. The van der Waals surface area contributed by atoms with E-state index in [-0.39, 0.29) is 18.1 Å². The van der Waals surface area contributed by atoms with Crippen LogP contribution in [-0.2, 0) is 4.79 Å². The quantitative estimate of drug-likeness (QED) is 0.859.